The van der Waals surface area contributed by atoms with E-state index in [4.69, 9.17) is 4.74 Å². The van der Waals surface area contributed by atoms with Crippen LogP contribution in [0.5, 0.6) is 0 Å². The summed E-state index contributed by atoms with van der Waals surface area (Å²) in [5, 5.41) is 10.0. The first-order chi connectivity index (χ1) is 9.36. The van der Waals surface area contributed by atoms with Gasteiger partial charge >= 0.3 is 0 Å². The third kappa shape index (κ3) is 4.10. The molecule has 3 heterocycles. The first kappa shape index (κ1) is 18.2. The molecule has 0 bridgehead atoms. The third-order valence-electron chi connectivity index (χ3n) is 3.89. The summed E-state index contributed by atoms with van der Waals surface area (Å²) in [6, 6.07) is 0.144. The molecule has 0 radical (unpaired) electrons. The van der Waals surface area contributed by atoms with Crippen molar-refractivity contribution in [1.29, 1.82) is 0 Å². The Morgan fingerprint density at radius 2 is 2.24 bits per heavy atom. The number of piperidine rings is 1. The maximum atomic E-state index is 12.6. The van der Waals surface area contributed by atoms with Crippen LogP contribution in [0, 0.1) is 0 Å². The lowest BCUT2D eigenvalue weighted by molar-refractivity contribution is -0.149. The zero-order valence-electron chi connectivity index (χ0n) is 11.8. The molecule has 120 valence electrons. The van der Waals surface area contributed by atoms with E-state index in [9.17, 15) is 4.79 Å². The van der Waals surface area contributed by atoms with E-state index in [0.29, 0.717) is 13.2 Å². The molecule has 6 nitrogen and oxygen atoms in total. The highest BCUT2D eigenvalue weighted by atomic mass is 35.5. The second-order valence-corrected chi connectivity index (χ2v) is 5.14. The molecule has 8 heteroatoms. The number of halogens is 2. The van der Waals surface area contributed by atoms with Crippen molar-refractivity contribution in [3.63, 3.8) is 0 Å². The fourth-order valence-corrected chi connectivity index (χ4v) is 2.89. The Labute approximate surface area is 136 Å². The van der Waals surface area contributed by atoms with Crippen molar-refractivity contribution in [2.45, 2.75) is 31.4 Å². The average molecular weight is 337 g/mol. The Bertz CT molecular complexity index is 424. The molecule has 1 aromatic heterocycles. The van der Waals surface area contributed by atoms with Gasteiger partial charge in [-0.1, -0.05) is 0 Å². The van der Waals surface area contributed by atoms with Crippen LogP contribution in [0.1, 0.15) is 30.9 Å². The summed E-state index contributed by atoms with van der Waals surface area (Å²) in [7, 11) is 0. The van der Waals surface area contributed by atoms with E-state index in [1.165, 1.54) is 0 Å². The monoisotopic (exact) mass is 336 g/mol. The van der Waals surface area contributed by atoms with Crippen LogP contribution in [-0.4, -0.2) is 53.3 Å². The minimum absolute atomic E-state index is 0. The molecule has 1 aromatic rings. The van der Waals surface area contributed by atoms with E-state index in [-0.39, 0.29) is 42.9 Å². The van der Waals surface area contributed by atoms with Crippen LogP contribution in [0.25, 0.3) is 0 Å². The molecule has 2 aliphatic rings. The van der Waals surface area contributed by atoms with Crippen molar-refractivity contribution in [1.82, 2.24) is 20.4 Å². The van der Waals surface area contributed by atoms with Gasteiger partial charge in [-0.05, 0) is 19.3 Å². The highest BCUT2D eigenvalue weighted by Gasteiger charge is 2.33. The summed E-state index contributed by atoms with van der Waals surface area (Å²) < 4.78 is 5.58. The third-order valence-corrected chi connectivity index (χ3v) is 3.89. The number of likely N-dealkylation sites (tertiary alicyclic amines) is 1. The lowest BCUT2D eigenvalue weighted by Gasteiger charge is -2.38. The standard InChI is InChI=1S/C13H20N4O2.2ClH/c18-13(12-9-14-4-6-19-12)17-5-2-1-3-11(17)10-7-15-16-8-10;;/h7-8,11-12,14H,1-6,9H2,(H,15,16);2*1H. The molecule has 0 saturated carbocycles. The van der Waals surface area contributed by atoms with E-state index in [1.807, 2.05) is 17.3 Å². The first-order valence-electron chi connectivity index (χ1n) is 6.98. The van der Waals surface area contributed by atoms with E-state index in [1.54, 1.807) is 0 Å². The second-order valence-electron chi connectivity index (χ2n) is 5.14. The van der Waals surface area contributed by atoms with Crippen molar-refractivity contribution in [3.05, 3.63) is 18.0 Å². The van der Waals surface area contributed by atoms with Crippen LogP contribution in [0.3, 0.4) is 0 Å². The number of morpholine rings is 1. The number of nitrogens with zero attached hydrogens (tertiary/aromatic N) is 2. The van der Waals surface area contributed by atoms with Crippen LogP contribution >= 0.6 is 24.8 Å². The smallest absolute Gasteiger partial charge is 0.253 e. The molecule has 2 aliphatic heterocycles. The molecule has 2 N–H and O–H groups in total. The summed E-state index contributed by atoms with van der Waals surface area (Å²) in [6.07, 6.45) is 6.60. The van der Waals surface area contributed by atoms with Gasteiger partial charge < -0.3 is 15.0 Å². The quantitative estimate of drug-likeness (QED) is 0.853. The van der Waals surface area contributed by atoms with E-state index >= 15 is 0 Å². The summed E-state index contributed by atoms with van der Waals surface area (Å²) >= 11 is 0. The minimum atomic E-state index is -0.332. The number of hydrogen-bond acceptors (Lipinski definition) is 4. The number of amides is 1. The Kier molecular flexibility index (Phi) is 7.45. The number of carbonyl (C=O) groups is 1. The fraction of sp³-hybridized carbons (Fsp3) is 0.692. The van der Waals surface area contributed by atoms with Gasteiger partial charge in [-0.25, -0.2) is 0 Å². The van der Waals surface area contributed by atoms with E-state index in [2.05, 4.69) is 15.5 Å². The maximum absolute atomic E-state index is 12.6. The molecule has 1 amide bonds. The van der Waals surface area contributed by atoms with Crippen LogP contribution < -0.4 is 5.32 Å². The number of aromatic amines is 1. The van der Waals surface area contributed by atoms with Gasteiger partial charge in [0.2, 0.25) is 0 Å². The van der Waals surface area contributed by atoms with Gasteiger partial charge in [-0.3, -0.25) is 9.89 Å². The Morgan fingerprint density at radius 3 is 2.90 bits per heavy atom. The minimum Gasteiger partial charge on any atom is -0.366 e. The van der Waals surface area contributed by atoms with Crippen molar-refractivity contribution in [2.24, 2.45) is 0 Å². The summed E-state index contributed by atoms with van der Waals surface area (Å²) in [6.45, 7) is 2.87. The van der Waals surface area contributed by atoms with Gasteiger partial charge in [0.25, 0.3) is 5.91 Å². The van der Waals surface area contributed by atoms with Crippen molar-refractivity contribution >= 4 is 30.7 Å². The van der Waals surface area contributed by atoms with Crippen LogP contribution in [-0.2, 0) is 9.53 Å². The highest BCUT2D eigenvalue weighted by Crippen LogP contribution is 2.31. The van der Waals surface area contributed by atoms with Crippen LogP contribution in [0.4, 0.5) is 0 Å². The molecule has 2 unspecified atom stereocenters. The first-order valence-corrected chi connectivity index (χ1v) is 6.98. The number of aromatic nitrogens is 2. The molecule has 21 heavy (non-hydrogen) atoms. The summed E-state index contributed by atoms with van der Waals surface area (Å²) in [4.78, 5) is 14.6. The normalized spacial score (nSPS) is 25.6. The maximum Gasteiger partial charge on any atom is 0.253 e. The molecule has 2 fully saturated rings. The van der Waals surface area contributed by atoms with Crippen LogP contribution in [0.2, 0.25) is 0 Å². The van der Waals surface area contributed by atoms with E-state index < -0.39 is 0 Å². The average Bonchev–Trinajstić information content (AvgIpc) is 3.01. The van der Waals surface area contributed by atoms with Gasteiger partial charge in [-0.15, -0.1) is 24.8 Å². The zero-order chi connectivity index (χ0) is 13.1. The Morgan fingerprint density at radius 1 is 1.38 bits per heavy atom. The molecule has 0 spiro atoms. The summed E-state index contributed by atoms with van der Waals surface area (Å²) in [5.74, 6) is 0.109. The number of nitrogens with one attached hydrogen (secondary N) is 2. The van der Waals surface area contributed by atoms with E-state index in [0.717, 1.165) is 37.9 Å². The number of carbonyl (C=O) groups excluding carboxylic acids is 1. The Hall–Kier alpha value is -0.820. The molecular weight excluding hydrogens is 315 g/mol. The second kappa shape index (κ2) is 8.58. The number of hydrogen-bond donors (Lipinski definition) is 2. The number of rotatable bonds is 2. The topological polar surface area (TPSA) is 70.2 Å². The fourth-order valence-electron chi connectivity index (χ4n) is 2.89. The molecule has 3 rings (SSSR count). The van der Waals surface area contributed by atoms with Gasteiger partial charge in [0.05, 0.1) is 18.8 Å². The van der Waals surface area contributed by atoms with Gasteiger partial charge in [0.15, 0.2) is 0 Å². The summed E-state index contributed by atoms with van der Waals surface area (Å²) in [5.41, 5.74) is 1.09. The highest BCUT2D eigenvalue weighted by molar-refractivity contribution is 5.85. The SMILES string of the molecule is Cl.Cl.O=C(C1CNCCO1)N1CCCCC1c1cn[nH]c1. The predicted octanol–water partition coefficient (Wildman–Crippen LogP) is 1.30. The van der Waals surface area contributed by atoms with Crippen molar-refractivity contribution in [2.75, 3.05) is 26.2 Å². The number of H-pyrrole nitrogens is 1. The van der Waals surface area contributed by atoms with Crippen molar-refractivity contribution < 1.29 is 9.53 Å². The lowest BCUT2D eigenvalue weighted by Crippen LogP contribution is -2.51. The van der Waals surface area contributed by atoms with Crippen LogP contribution in [0.15, 0.2) is 12.4 Å². The molecule has 0 aliphatic carbocycles. The van der Waals surface area contributed by atoms with Crippen molar-refractivity contribution in [3.8, 4) is 0 Å². The molecule has 2 atom stereocenters. The largest absolute Gasteiger partial charge is 0.366 e. The lowest BCUT2D eigenvalue weighted by atomic mass is 9.97. The van der Waals surface area contributed by atoms with Gasteiger partial charge in [0, 0.05) is 31.4 Å². The van der Waals surface area contributed by atoms with Gasteiger partial charge in [-0.2, -0.15) is 5.10 Å². The van der Waals surface area contributed by atoms with Gasteiger partial charge in [0.1, 0.15) is 6.10 Å². The zero-order valence-corrected chi connectivity index (χ0v) is 13.4. The molecule has 0 aromatic carbocycles. The predicted molar refractivity (Wildman–Crippen MR) is 84.0 cm³/mol. The Balaban J connectivity index is 0.00000110. The molecular formula is C13H22Cl2N4O2. The number of ether oxygens (including phenoxy) is 1. The molecule has 2 saturated heterocycles.